The summed E-state index contributed by atoms with van der Waals surface area (Å²) in [4.78, 5) is 11.6. The molecule has 2 atom stereocenters. The Hall–Kier alpha value is -3.74. The van der Waals surface area contributed by atoms with Crippen molar-refractivity contribution < 1.29 is 46.1 Å². The number of carboxylic acids is 1. The quantitative estimate of drug-likeness (QED) is 0.461. The van der Waals surface area contributed by atoms with E-state index in [1.165, 1.54) is 26.4 Å². The summed E-state index contributed by atoms with van der Waals surface area (Å²) in [6.45, 7) is 0.550. The van der Waals surface area contributed by atoms with Gasteiger partial charge in [-0.1, -0.05) is 12.1 Å². The zero-order valence-electron chi connectivity index (χ0n) is 19.1. The maximum absolute atomic E-state index is 14.5. The number of hydrogen-bond acceptors (Lipinski definition) is 6. The van der Waals surface area contributed by atoms with Crippen LogP contribution >= 0.6 is 0 Å². The molecule has 0 unspecified atom stereocenters. The number of hydrogen-bond donors (Lipinski definition) is 1. The van der Waals surface area contributed by atoms with Gasteiger partial charge in [-0.15, -0.1) is 10.2 Å². The van der Waals surface area contributed by atoms with Crippen molar-refractivity contribution >= 4 is 5.97 Å². The lowest BCUT2D eigenvalue weighted by atomic mass is 9.96. The lowest BCUT2D eigenvalue weighted by molar-refractivity contribution is -0.141. The number of aliphatic carboxylic acids is 1. The summed E-state index contributed by atoms with van der Waals surface area (Å²) < 4.78 is 87.7. The molecule has 36 heavy (non-hydrogen) atoms. The lowest BCUT2D eigenvalue weighted by Gasteiger charge is -2.25. The molecule has 1 N–H and O–H groups in total. The van der Waals surface area contributed by atoms with Crippen LogP contribution in [0.5, 0.6) is 11.5 Å². The minimum Gasteiger partial charge on any atom is -0.493 e. The van der Waals surface area contributed by atoms with Gasteiger partial charge in [-0.05, 0) is 24.3 Å². The van der Waals surface area contributed by atoms with Crippen molar-refractivity contribution in [3.63, 3.8) is 0 Å². The van der Waals surface area contributed by atoms with Crippen LogP contribution in [0.3, 0.4) is 0 Å². The Labute approximate surface area is 201 Å². The van der Waals surface area contributed by atoms with Gasteiger partial charge in [0.1, 0.15) is 12.2 Å². The molecule has 1 aliphatic heterocycles. The number of alkyl halides is 5. The second-order valence-corrected chi connectivity index (χ2v) is 8.06. The molecule has 1 aromatic heterocycles. The van der Waals surface area contributed by atoms with Crippen molar-refractivity contribution in [1.29, 1.82) is 0 Å². The molecular formula is C23H20F5N3O5. The molecule has 0 saturated carbocycles. The number of aromatic nitrogens is 3. The van der Waals surface area contributed by atoms with Crippen molar-refractivity contribution in [2.24, 2.45) is 0 Å². The summed E-state index contributed by atoms with van der Waals surface area (Å²) in [6, 6.07) is 7.09. The van der Waals surface area contributed by atoms with Crippen molar-refractivity contribution in [1.82, 2.24) is 14.8 Å². The second-order valence-electron chi connectivity index (χ2n) is 8.06. The van der Waals surface area contributed by atoms with Crippen LogP contribution in [0.25, 0.3) is 5.69 Å². The molecule has 0 fully saturated rings. The van der Waals surface area contributed by atoms with E-state index in [0.717, 1.165) is 22.8 Å². The Morgan fingerprint density at radius 2 is 1.81 bits per heavy atom. The Bertz CT molecular complexity index is 1300. The van der Waals surface area contributed by atoms with Crippen molar-refractivity contribution in [2.45, 2.75) is 37.7 Å². The Morgan fingerprint density at radius 3 is 2.39 bits per heavy atom. The third kappa shape index (κ3) is 4.45. The van der Waals surface area contributed by atoms with Gasteiger partial charge >= 0.3 is 18.1 Å². The molecule has 2 heterocycles. The van der Waals surface area contributed by atoms with E-state index in [4.69, 9.17) is 14.2 Å². The molecule has 3 aromatic rings. The Balaban J connectivity index is 2.08. The maximum Gasteiger partial charge on any atom is 0.416 e. The van der Waals surface area contributed by atoms with Crippen molar-refractivity contribution in [3.8, 4) is 17.2 Å². The number of para-hydroxylation sites is 1. The fourth-order valence-electron chi connectivity index (χ4n) is 4.13. The van der Waals surface area contributed by atoms with Gasteiger partial charge in [0.2, 0.25) is 5.82 Å². The van der Waals surface area contributed by atoms with E-state index in [-0.39, 0.29) is 34.1 Å². The maximum atomic E-state index is 14.5. The Morgan fingerprint density at radius 1 is 1.08 bits per heavy atom. The zero-order valence-corrected chi connectivity index (χ0v) is 19.1. The molecule has 0 amide bonds. The van der Waals surface area contributed by atoms with Crippen LogP contribution in [0.2, 0.25) is 0 Å². The highest BCUT2D eigenvalue weighted by atomic mass is 19.4. The minimum absolute atomic E-state index is 0.112. The summed E-state index contributed by atoms with van der Waals surface area (Å²) >= 11 is 0. The standard InChI is InChI=1S/C23H20F5N3O5/c1-22(24,25)21-30-29-20-16(10-17(32)33)36-18(12-5-4-6-15(34-2)19(12)35-3)13-9-11(23(26,27)28)7-8-14(13)31(20)21/h4-9,16,18H,10H2,1-3H3,(H,32,33)/t16-,18-/m0/s1. The topological polar surface area (TPSA) is 95.7 Å². The van der Waals surface area contributed by atoms with Crippen LogP contribution in [-0.2, 0) is 21.6 Å². The summed E-state index contributed by atoms with van der Waals surface area (Å²) in [5.41, 5.74) is -1.16. The largest absolute Gasteiger partial charge is 0.493 e. The number of nitrogens with zero attached hydrogens (tertiary/aromatic N) is 3. The lowest BCUT2D eigenvalue weighted by Crippen LogP contribution is -2.18. The van der Waals surface area contributed by atoms with Crippen LogP contribution < -0.4 is 9.47 Å². The normalized spacial score (nSPS) is 17.7. The van der Waals surface area contributed by atoms with E-state index >= 15 is 0 Å². The Kier molecular flexibility index (Phi) is 6.37. The van der Waals surface area contributed by atoms with Gasteiger partial charge in [0.05, 0.1) is 31.9 Å². The van der Waals surface area contributed by atoms with Crippen LogP contribution in [-0.4, -0.2) is 40.1 Å². The van der Waals surface area contributed by atoms with E-state index in [1.54, 1.807) is 6.07 Å². The fourth-order valence-corrected chi connectivity index (χ4v) is 4.13. The zero-order chi connectivity index (χ0) is 26.4. The molecule has 0 radical (unpaired) electrons. The summed E-state index contributed by atoms with van der Waals surface area (Å²) in [6.07, 6.45) is -8.32. The third-order valence-corrected chi connectivity index (χ3v) is 5.62. The number of rotatable bonds is 6. The first-order valence-electron chi connectivity index (χ1n) is 10.5. The molecule has 2 aromatic carbocycles. The van der Waals surface area contributed by atoms with Gasteiger partial charge in [-0.3, -0.25) is 9.36 Å². The number of benzene rings is 2. The van der Waals surface area contributed by atoms with Gasteiger partial charge in [0.15, 0.2) is 17.3 Å². The summed E-state index contributed by atoms with van der Waals surface area (Å²) in [5, 5.41) is 16.8. The SMILES string of the molecule is COc1cccc([C@@H]2O[C@@H](CC(=O)O)c3nnc(C(C)(F)F)n3-c3ccc(C(F)(F)F)cc32)c1OC. The number of ether oxygens (including phenoxy) is 3. The van der Waals surface area contributed by atoms with E-state index in [9.17, 15) is 31.9 Å². The second kappa shape index (κ2) is 9.04. The number of carboxylic acid groups (broad SMARTS) is 1. The monoisotopic (exact) mass is 513 g/mol. The molecule has 8 nitrogen and oxygen atoms in total. The summed E-state index contributed by atoms with van der Waals surface area (Å²) in [5.74, 6) is -5.74. The highest BCUT2D eigenvalue weighted by Gasteiger charge is 2.42. The number of fused-ring (bicyclic) bond motifs is 3. The minimum atomic E-state index is -4.77. The molecule has 1 aliphatic rings. The predicted molar refractivity (Wildman–Crippen MR) is 113 cm³/mol. The van der Waals surface area contributed by atoms with Crippen molar-refractivity contribution in [2.75, 3.05) is 14.2 Å². The van der Waals surface area contributed by atoms with Gasteiger partial charge in [0.25, 0.3) is 0 Å². The van der Waals surface area contributed by atoms with Gasteiger partial charge in [-0.2, -0.15) is 22.0 Å². The van der Waals surface area contributed by atoms with Crippen LogP contribution in [0.4, 0.5) is 22.0 Å². The van der Waals surface area contributed by atoms with Gasteiger partial charge in [0, 0.05) is 18.1 Å². The van der Waals surface area contributed by atoms with Crippen molar-refractivity contribution in [3.05, 3.63) is 64.7 Å². The van der Waals surface area contributed by atoms with E-state index < -0.39 is 48.1 Å². The number of carbonyl (C=O) groups is 1. The van der Waals surface area contributed by atoms with Gasteiger partial charge < -0.3 is 19.3 Å². The molecule has 0 spiro atoms. The first-order valence-corrected chi connectivity index (χ1v) is 10.5. The smallest absolute Gasteiger partial charge is 0.416 e. The molecular weight excluding hydrogens is 493 g/mol. The molecule has 0 saturated heterocycles. The number of halogens is 5. The molecule has 0 aliphatic carbocycles. The van der Waals surface area contributed by atoms with Crippen LogP contribution in [0.15, 0.2) is 36.4 Å². The first kappa shape index (κ1) is 25.4. The first-order chi connectivity index (χ1) is 16.9. The highest BCUT2D eigenvalue weighted by molar-refractivity contribution is 5.68. The predicted octanol–water partition coefficient (Wildman–Crippen LogP) is 5.05. The number of methoxy groups -OCH3 is 2. The van der Waals surface area contributed by atoms with Gasteiger partial charge in [-0.25, -0.2) is 0 Å². The van der Waals surface area contributed by atoms with E-state index in [1.807, 2.05) is 0 Å². The highest BCUT2D eigenvalue weighted by Crippen LogP contribution is 2.47. The molecule has 13 heteroatoms. The van der Waals surface area contributed by atoms with E-state index in [2.05, 4.69) is 10.2 Å². The average molecular weight is 513 g/mol. The van der Waals surface area contributed by atoms with Crippen LogP contribution in [0, 0.1) is 0 Å². The molecule has 0 bridgehead atoms. The fraction of sp³-hybridized carbons (Fsp3) is 0.348. The average Bonchev–Trinajstić information content (AvgIpc) is 3.21. The summed E-state index contributed by atoms with van der Waals surface area (Å²) in [7, 11) is 2.67. The van der Waals surface area contributed by atoms with Crippen LogP contribution in [0.1, 0.15) is 53.9 Å². The van der Waals surface area contributed by atoms with E-state index in [0.29, 0.717) is 6.92 Å². The molecule has 4 rings (SSSR count). The third-order valence-electron chi connectivity index (χ3n) is 5.62. The molecule has 192 valence electrons.